The Morgan fingerprint density at radius 2 is 1.84 bits per heavy atom. The van der Waals surface area contributed by atoms with E-state index in [4.69, 9.17) is 10.7 Å². The van der Waals surface area contributed by atoms with Crippen molar-refractivity contribution in [3.05, 3.63) is 11.6 Å². The first-order chi connectivity index (χ1) is 9.20. The molecule has 0 aliphatic heterocycles. The van der Waals surface area contributed by atoms with E-state index in [0.717, 1.165) is 24.5 Å². The number of nitrogens with zero attached hydrogens (tertiary/aromatic N) is 2. The molecule has 0 saturated heterocycles. The van der Waals surface area contributed by atoms with E-state index in [2.05, 4.69) is 17.1 Å². The Bertz CT molecular complexity index is 422. The smallest absolute Gasteiger partial charge is 0.158 e. The third-order valence-electron chi connectivity index (χ3n) is 5.29. The Hall–Kier alpha value is -0.900. The molecule has 1 aromatic heterocycles. The van der Waals surface area contributed by atoms with E-state index in [9.17, 15) is 0 Å². The van der Waals surface area contributed by atoms with Crippen LogP contribution in [0.15, 0.2) is 0 Å². The second kappa shape index (κ2) is 5.23. The topological polar surface area (TPSA) is 67.6 Å². The SMILES string of the molecule is CC1(c2n[nH]c(C3CCCCC3)n2)CCCCC1N. The highest BCUT2D eigenvalue weighted by molar-refractivity contribution is 5.14. The van der Waals surface area contributed by atoms with Crippen LogP contribution in [0.5, 0.6) is 0 Å². The fourth-order valence-electron chi connectivity index (χ4n) is 3.73. The molecule has 0 spiro atoms. The van der Waals surface area contributed by atoms with Gasteiger partial charge in [-0.1, -0.05) is 39.0 Å². The molecular weight excluding hydrogens is 236 g/mol. The Balaban J connectivity index is 1.79. The van der Waals surface area contributed by atoms with E-state index in [1.165, 1.54) is 44.9 Å². The molecule has 19 heavy (non-hydrogen) atoms. The van der Waals surface area contributed by atoms with Crippen LogP contribution in [0.1, 0.15) is 82.3 Å². The molecule has 2 aliphatic rings. The second-order valence-corrected chi connectivity index (χ2v) is 6.65. The molecule has 4 nitrogen and oxygen atoms in total. The molecule has 0 amide bonds. The Morgan fingerprint density at radius 1 is 1.11 bits per heavy atom. The van der Waals surface area contributed by atoms with Gasteiger partial charge >= 0.3 is 0 Å². The first kappa shape index (κ1) is 13.1. The highest BCUT2D eigenvalue weighted by atomic mass is 15.2. The van der Waals surface area contributed by atoms with Gasteiger partial charge in [-0.3, -0.25) is 5.10 Å². The zero-order valence-electron chi connectivity index (χ0n) is 12.0. The number of hydrogen-bond acceptors (Lipinski definition) is 3. The van der Waals surface area contributed by atoms with Gasteiger partial charge in [-0.25, -0.2) is 4.98 Å². The standard InChI is InChI=1S/C15H26N4/c1-15(10-6-5-9-12(15)16)14-17-13(18-19-14)11-7-3-2-4-8-11/h11-12H,2-10,16H2,1H3,(H,17,18,19). The van der Waals surface area contributed by atoms with Gasteiger partial charge in [-0.05, 0) is 25.7 Å². The molecule has 0 aromatic carbocycles. The predicted octanol–water partition coefficient (Wildman–Crippen LogP) is 3.01. The molecular formula is C15H26N4. The van der Waals surface area contributed by atoms with Gasteiger partial charge in [0.05, 0.1) is 0 Å². The molecule has 0 radical (unpaired) electrons. The number of aromatic amines is 1. The van der Waals surface area contributed by atoms with Crippen LogP contribution in [-0.2, 0) is 5.41 Å². The van der Waals surface area contributed by atoms with Crippen molar-refractivity contribution in [3.63, 3.8) is 0 Å². The average molecular weight is 262 g/mol. The first-order valence-electron chi connectivity index (χ1n) is 7.88. The highest BCUT2D eigenvalue weighted by Crippen LogP contribution is 2.37. The summed E-state index contributed by atoms with van der Waals surface area (Å²) in [4.78, 5) is 4.83. The van der Waals surface area contributed by atoms with Crippen molar-refractivity contribution in [2.75, 3.05) is 0 Å². The van der Waals surface area contributed by atoms with Crippen molar-refractivity contribution >= 4 is 0 Å². The van der Waals surface area contributed by atoms with Crippen molar-refractivity contribution in [1.82, 2.24) is 15.2 Å². The zero-order chi connectivity index (χ0) is 13.3. The number of hydrogen-bond donors (Lipinski definition) is 2. The number of aromatic nitrogens is 3. The summed E-state index contributed by atoms with van der Waals surface area (Å²) in [6.45, 7) is 2.24. The zero-order valence-corrected chi connectivity index (χ0v) is 12.0. The van der Waals surface area contributed by atoms with Crippen LogP contribution >= 0.6 is 0 Å². The van der Waals surface area contributed by atoms with Crippen LogP contribution in [-0.4, -0.2) is 21.2 Å². The van der Waals surface area contributed by atoms with E-state index in [0.29, 0.717) is 5.92 Å². The molecule has 1 aromatic rings. The van der Waals surface area contributed by atoms with Gasteiger partial charge in [0.25, 0.3) is 0 Å². The third kappa shape index (κ3) is 2.42. The summed E-state index contributed by atoms with van der Waals surface area (Å²) < 4.78 is 0. The quantitative estimate of drug-likeness (QED) is 0.861. The minimum Gasteiger partial charge on any atom is -0.327 e. The lowest BCUT2D eigenvalue weighted by molar-refractivity contribution is 0.259. The van der Waals surface area contributed by atoms with Gasteiger partial charge in [0, 0.05) is 17.4 Å². The van der Waals surface area contributed by atoms with E-state index in [1.807, 2.05) is 0 Å². The van der Waals surface area contributed by atoms with E-state index in [-0.39, 0.29) is 11.5 Å². The van der Waals surface area contributed by atoms with Crippen LogP contribution in [0.2, 0.25) is 0 Å². The molecule has 4 heteroatoms. The number of nitrogens with one attached hydrogen (secondary N) is 1. The fraction of sp³-hybridized carbons (Fsp3) is 0.867. The Labute approximate surface area is 115 Å². The minimum atomic E-state index is -0.0261. The predicted molar refractivity (Wildman–Crippen MR) is 76.0 cm³/mol. The molecule has 2 atom stereocenters. The Morgan fingerprint density at radius 3 is 2.58 bits per heavy atom. The molecule has 0 bridgehead atoms. The van der Waals surface area contributed by atoms with E-state index in [1.54, 1.807) is 0 Å². The summed E-state index contributed by atoms with van der Waals surface area (Å²) in [5.41, 5.74) is 6.31. The molecule has 2 aliphatic carbocycles. The van der Waals surface area contributed by atoms with Crippen molar-refractivity contribution in [3.8, 4) is 0 Å². The molecule has 3 N–H and O–H groups in total. The number of rotatable bonds is 2. The van der Waals surface area contributed by atoms with Crippen molar-refractivity contribution in [2.45, 2.75) is 82.1 Å². The maximum absolute atomic E-state index is 6.34. The summed E-state index contributed by atoms with van der Waals surface area (Å²) in [5, 5.41) is 7.72. The lowest BCUT2D eigenvalue weighted by atomic mass is 9.71. The monoisotopic (exact) mass is 262 g/mol. The maximum atomic E-state index is 6.34. The lowest BCUT2D eigenvalue weighted by Gasteiger charge is -2.36. The van der Waals surface area contributed by atoms with E-state index >= 15 is 0 Å². The summed E-state index contributed by atoms with van der Waals surface area (Å²) in [5.74, 6) is 2.66. The van der Waals surface area contributed by atoms with Gasteiger partial charge in [-0.15, -0.1) is 0 Å². The van der Waals surface area contributed by atoms with Gasteiger partial charge in [0.2, 0.25) is 0 Å². The van der Waals surface area contributed by atoms with Crippen molar-refractivity contribution in [1.29, 1.82) is 0 Å². The Kier molecular flexibility index (Phi) is 3.61. The fourth-order valence-corrected chi connectivity index (χ4v) is 3.73. The van der Waals surface area contributed by atoms with Gasteiger partial charge in [0.1, 0.15) is 5.82 Å². The number of nitrogens with two attached hydrogens (primary N) is 1. The van der Waals surface area contributed by atoms with Gasteiger partial charge in [0.15, 0.2) is 5.82 Å². The summed E-state index contributed by atoms with van der Waals surface area (Å²) in [6, 6.07) is 0.205. The van der Waals surface area contributed by atoms with Crippen molar-refractivity contribution in [2.24, 2.45) is 5.73 Å². The number of H-pyrrole nitrogens is 1. The average Bonchev–Trinajstić information content (AvgIpc) is 2.94. The van der Waals surface area contributed by atoms with Crippen molar-refractivity contribution < 1.29 is 0 Å². The second-order valence-electron chi connectivity index (χ2n) is 6.65. The molecule has 106 valence electrons. The summed E-state index contributed by atoms with van der Waals surface area (Å²) in [7, 11) is 0. The van der Waals surface area contributed by atoms with Crippen LogP contribution in [0, 0.1) is 0 Å². The first-order valence-corrected chi connectivity index (χ1v) is 7.88. The minimum absolute atomic E-state index is 0.0261. The van der Waals surface area contributed by atoms with Crippen LogP contribution < -0.4 is 5.73 Å². The lowest BCUT2D eigenvalue weighted by Crippen LogP contribution is -2.46. The molecule has 2 fully saturated rings. The third-order valence-corrected chi connectivity index (χ3v) is 5.29. The van der Waals surface area contributed by atoms with Crippen LogP contribution in [0.25, 0.3) is 0 Å². The highest BCUT2D eigenvalue weighted by Gasteiger charge is 2.39. The van der Waals surface area contributed by atoms with Gasteiger partial charge in [-0.2, -0.15) is 5.10 Å². The summed E-state index contributed by atoms with van der Waals surface area (Å²) >= 11 is 0. The maximum Gasteiger partial charge on any atom is 0.158 e. The molecule has 3 rings (SSSR count). The molecule has 2 unspecified atom stereocenters. The van der Waals surface area contributed by atoms with Crippen LogP contribution in [0.3, 0.4) is 0 Å². The normalized spacial score (nSPS) is 33.5. The van der Waals surface area contributed by atoms with Gasteiger partial charge < -0.3 is 5.73 Å². The summed E-state index contributed by atoms with van der Waals surface area (Å²) in [6.07, 6.45) is 11.3. The van der Waals surface area contributed by atoms with Crippen LogP contribution in [0.4, 0.5) is 0 Å². The van der Waals surface area contributed by atoms with E-state index < -0.39 is 0 Å². The molecule has 2 saturated carbocycles. The largest absolute Gasteiger partial charge is 0.327 e. The molecule has 1 heterocycles.